The van der Waals surface area contributed by atoms with Gasteiger partial charge in [-0.1, -0.05) is 42.2 Å². The van der Waals surface area contributed by atoms with E-state index in [1.54, 1.807) is 0 Å². The first-order valence-corrected chi connectivity index (χ1v) is 8.44. The minimum Gasteiger partial charge on any atom is -0.478 e. The van der Waals surface area contributed by atoms with Gasteiger partial charge in [0.1, 0.15) is 6.61 Å². The van der Waals surface area contributed by atoms with Crippen molar-refractivity contribution in [2.24, 2.45) is 0 Å². The van der Waals surface area contributed by atoms with Gasteiger partial charge in [-0.15, -0.1) is 11.3 Å². The highest BCUT2D eigenvalue weighted by Crippen LogP contribution is 2.15. The van der Waals surface area contributed by atoms with Crippen molar-refractivity contribution in [2.45, 2.75) is 13.0 Å². The number of hydrogen-bond acceptors (Lipinski definition) is 4. The van der Waals surface area contributed by atoms with Gasteiger partial charge in [-0.05, 0) is 17.7 Å². The summed E-state index contributed by atoms with van der Waals surface area (Å²) in [6.07, 6.45) is 2.65. The second kappa shape index (κ2) is 9.96. The molecular formula is C19H17NO4S. The number of carboxylic acids is 1. The molecule has 1 heterocycles. The highest BCUT2D eigenvalue weighted by atomic mass is 32.1. The monoisotopic (exact) mass is 355 g/mol. The van der Waals surface area contributed by atoms with Crippen molar-refractivity contribution in [1.82, 2.24) is 5.32 Å². The van der Waals surface area contributed by atoms with Crippen LogP contribution in [0.2, 0.25) is 0 Å². The molecule has 25 heavy (non-hydrogen) atoms. The molecule has 0 aliphatic carbocycles. The summed E-state index contributed by atoms with van der Waals surface area (Å²) in [5.41, 5.74) is 1.75. The molecule has 0 atom stereocenters. The number of carbonyl (C=O) groups is 2. The first-order valence-electron chi connectivity index (χ1n) is 7.56. The molecule has 5 nitrogen and oxygen atoms in total. The molecule has 0 aliphatic heterocycles. The van der Waals surface area contributed by atoms with Gasteiger partial charge in [0.15, 0.2) is 0 Å². The van der Waals surface area contributed by atoms with Gasteiger partial charge in [0, 0.05) is 34.9 Å². The molecular weight excluding hydrogens is 338 g/mol. The van der Waals surface area contributed by atoms with Crippen molar-refractivity contribution in [3.63, 3.8) is 0 Å². The lowest BCUT2D eigenvalue weighted by molar-refractivity contribution is -0.131. The van der Waals surface area contributed by atoms with E-state index in [4.69, 9.17) is 9.84 Å². The van der Waals surface area contributed by atoms with Crippen molar-refractivity contribution in [1.29, 1.82) is 0 Å². The quantitative estimate of drug-likeness (QED) is 0.472. The minimum atomic E-state index is -0.980. The third kappa shape index (κ3) is 7.38. The Morgan fingerprint density at radius 1 is 1.28 bits per heavy atom. The zero-order valence-electron chi connectivity index (χ0n) is 13.4. The topological polar surface area (TPSA) is 75.6 Å². The van der Waals surface area contributed by atoms with Crippen LogP contribution < -0.4 is 5.32 Å². The molecule has 0 aliphatic rings. The fourth-order valence-electron chi connectivity index (χ4n) is 1.82. The average molecular weight is 355 g/mol. The van der Waals surface area contributed by atoms with E-state index in [0.717, 1.165) is 22.1 Å². The van der Waals surface area contributed by atoms with Crippen molar-refractivity contribution >= 4 is 29.5 Å². The number of nitrogens with one attached hydrogen (secondary N) is 1. The lowest BCUT2D eigenvalue weighted by Gasteiger charge is -2.05. The van der Waals surface area contributed by atoms with Crippen LogP contribution in [-0.4, -0.2) is 23.7 Å². The first kappa shape index (κ1) is 18.3. The Kier molecular flexibility index (Phi) is 7.29. The maximum atomic E-state index is 11.5. The first-order chi connectivity index (χ1) is 12.1. The van der Waals surface area contributed by atoms with Gasteiger partial charge >= 0.3 is 12.1 Å². The highest BCUT2D eigenvalue weighted by Gasteiger charge is 2.00. The summed E-state index contributed by atoms with van der Waals surface area (Å²) < 4.78 is 5.09. The fraction of sp³-hybridized carbons (Fsp3) is 0.158. The number of carboxylic acid groups (broad SMARTS) is 1. The van der Waals surface area contributed by atoms with E-state index in [1.165, 1.54) is 17.4 Å². The van der Waals surface area contributed by atoms with Crippen molar-refractivity contribution in [2.75, 3.05) is 6.54 Å². The largest absolute Gasteiger partial charge is 0.478 e. The van der Waals surface area contributed by atoms with Crippen LogP contribution in [0.4, 0.5) is 4.79 Å². The third-order valence-corrected chi connectivity index (χ3v) is 3.87. The highest BCUT2D eigenvalue weighted by molar-refractivity contribution is 7.11. The van der Waals surface area contributed by atoms with Crippen LogP contribution in [-0.2, 0) is 16.1 Å². The number of hydrogen-bond donors (Lipinski definition) is 2. The van der Waals surface area contributed by atoms with E-state index < -0.39 is 12.1 Å². The summed E-state index contributed by atoms with van der Waals surface area (Å²) in [5.74, 6) is 4.95. The third-order valence-electron chi connectivity index (χ3n) is 2.97. The summed E-state index contributed by atoms with van der Waals surface area (Å²) in [6, 6.07) is 11.3. The van der Waals surface area contributed by atoms with Crippen LogP contribution in [0.3, 0.4) is 0 Å². The molecule has 1 aromatic heterocycles. The number of alkyl carbamates (subject to hydrolysis) is 1. The Balaban J connectivity index is 1.67. The average Bonchev–Trinajstić information content (AvgIpc) is 3.06. The van der Waals surface area contributed by atoms with Gasteiger partial charge in [0.2, 0.25) is 0 Å². The number of benzene rings is 1. The maximum absolute atomic E-state index is 11.5. The van der Waals surface area contributed by atoms with Crippen molar-refractivity contribution in [3.05, 3.63) is 63.9 Å². The molecule has 0 unspecified atom stereocenters. The van der Waals surface area contributed by atoms with Crippen LogP contribution in [0.1, 0.15) is 22.4 Å². The lowest BCUT2D eigenvalue weighted by atomic mass is 10.2. The second-order valence-corrected chi connectivity index (χ2v) is 5.89. The SMILES string of the molecule is O=C(O)/C=C/c1cc(C#CCCNC(=O)OCc2ccccc2)cs1. The number of aliphatic carboxylic acids is 1. The number of amides is 1. The number of carbonyl (C=O) groups excluding carboxylic acids is 1. The normalized spacial score (nSPS) is 10.1. The van der Waals surface area contributed by atoms with E-state index in [9.17, 15) is 9.59 Å². The molecule has 2 aromatic rings. The van der Waals surface area contributed by atoms with Gasteiger partial charge in [0.25, 0.3) is 0 Å². The van der Waals surface area contributed by atoms with Crippen LogP contribution in [0, 0.1) is 11.8 Å². The molecule has 1 amide bonds. The van der Waals surface area contributed by atoms with E-state index in [2.05, 4.69) is 17.2 Å². The van der Waals surface area contributed by atoms with Gasteiger partial charge in [-0.25, -0.2) is 9.59 Å². The summed E-state index contributed by atoms with van der Waals surface area (Å²) in [5, 5.41) is 13.1. The fourth-order valence-corrected chi connectivity index (χ4v) is 2.56. The summed E-state index contributed by atoms with van der Waals surface area (Å²) in [6.45, 7) is 0.635. The van der Waals surface area contributed by atoms with Gasteiger partial charge in [0.05, 0.1) is 0 Å². The van der Waals surface area contributed by atoms with E-state index in [0.29, 0.717) is 13.0 Å². The summed E-state index contributed by atoms with van der Waals surface area (Å²) in [7, 11) is 0. The predicted molar refractivity (Wildman–Crippen MR) is 97.1 cm³/mol. The Bertz CT molecular complexity index is 800. The van der Waals surface area contributed by atoms with E-state index in [-0.39, 0.29) is 6.61 Å². The molecule has 0 saturated carbocycles. The summed E-state index contributed by atoms with van der Waals surface area (Å²) in [4.78, 5) is 22.8. The zero-order valence-corrected chi connectivity index (χ0v) is 14.2. The second-order valence-electron chi connectivity index (χ2n) is 4.95. The molecule has 0 bridgehead atoms. The zero-order chi connectivity index (χ0) is 17.9. The number of ether oxygens (including phenoxy) is 1. The van der Waals surface area contributed by atoms with Crippen molar-refractivity contribution < 1.29 is 19.4 Å². The molecule has 2 N–H and O–H groups in total. The Labute approximate surface area is 150 Å². The molecule has 1 aromatic carbocycles. The molecule has 6 heteroatoms. The number of rotatable bonds is 6. The van der Waals surface area contributed by atoms with E-state index in [1.807, 2.05) is 41.8 Å². The summed E-state index contributed by atoms with van der Waals surface area (Å²) >= 11 is 1.42. The van der Waals surface area contributed by atoms with Crippen LogP contribution in [0.25, 0.3) is 6.08 Å². The standard InChI is InChI=1S/C19H17NO4S/c21-18(22)10-9-17-12-16(14-25-17)8-4-5-11-20-19(23)24-13-15-6-2-1-3-7-15/h1-3,6-7,9-10,12,14H,5,11,13H2,(H,20,23)(H,21,22)/b10-9+. The molecule has 0 spiro atoms. The molecule has 2 rings (SSSR count). The minimum absolute atomic E-state index is 0.236. The van der Waals surface area contributed by atoms with Gasteiger partial charge in [-0.3, -0.25) is 0 Å². The van der Waals surface area contributed by atoms with Crippen LogP contribution >= 0.6 is 11.3 Å². The molecule has 0 radical (unpaired) electrons. The smallest absolute Gasteiger partial charge is 0.407 e. The van der Waals surface area contributed by atoms with Crippen molar-refractivity contribution in [3.8, 4) is 11.8 Å². The maximum Gasteiger partial charge on any atom is 0.407 e. The molecule has 0 saturated heterocycles. The molecule has 0 fully saturated rings. The van der Waals surface area contributed by atoms with E-state index >= 15 is 0 Å². The Morgan fingerprint density at radius 3 is 2.84 bits per heavy atom. The van der Waals surface area contributed by atoms with Gasteiger partial charge < -0.3 is 15.2 Å². The Morgan fingerprint density at radius 2 is 2.08 bits per heavy atom. The van der Waals surface area contributed by atoms with Crippen LogP contribution in [0.5, 0.6) is 0 Å². The number of thiophene rings is 1. The van der Waals surface area contributed by atoms with Gasteiger partial charge in [-0.2, -0.15) is 0 Å². The predicted octanol–water partition coefficient (Wildman–Crippen LogP) is 3.51. The van der Waals surface area contributed by atoms with Crippen LogP contribution in [0.15, 0.2) is 47.9 Å². The Hall–Kier alpha value is -3.04. The lowest BCUT2D eigenvalue weighted by Crippen LogP contribution is -2.24. The molecule has 128 valence electrons.